The monoisotopic (exact) mass is 456 g/mol. The van der Waals surface area contributed by atoms with E-state index in [4.69, 9.17) is 11.6 Å². The van der Waals surface area contributed by atoms with Crippen molar-refractivity contribution >= 4 is 45.6 Å². The molecule has 0 bridgehead atoms. The number of halogens is 2. The number of rotatable bonds is 5. The van der Waals surface area contributed by atoms with Gasteiger partial charge in [-0.25, -0.2) is 9.37 Å². The average Bonchev–Trinajstić information content (AvgIpc) is 3.50. The van der Waals surface area contributed by atoms with Gasteiger partial charge in [0.25, 0.3) is 0 Å². The van der Waals surface area contributed by atoms with Gasteiger partial charge in [-0.2, -0.15) is 5.10 Å². The summed E-state index contributed by atoms with van der Waals surface area (Å²) >= 11 is 6.47. The molecule has 4 aromatic rings. The van der Waals surface area contributed by atoms with Gasteiger partial charge in [0.05, 0.1) is 46.4 Å². The lowest BCUT2D eigenvalue weighted by Crippen LogP contribution is -2.24. The van der Waals surface area contributed by atoms with Gasteiger partial charge in [-0.15, -0.1) is 0 Å². The number of hydrogen-bond donors (Lipinski definition) is 4. The number of imidazole rings is 1. The van der Waals surface area contributed by atoms with Crippen LogP contribution in [0.3, 0.4) is 0 Å². The molecule has 0 radical (unpaired) electrons. The minimum atomic E-state index is -0.572. The first kappa shape index (κ1) is 20.7. The van der Waals surface area contributed by atoms with Crippen LogP contribution >= 0.6 is 11.6 Å². The summed E-state index contributed by atoms with van der Waals surface area (Å²) in [6.07, 6.45) is 7.37. The molecule has 9 nitrogen and oxygen atoms in total. The molecule has 4 heterocycles. The third kappa shape index (κ3) is 3.55. The van der Waals surface area contributed by atoms with Crippen molar-refractivity contribution in [1.29, 1.82) is 0 Å². The lowest BCUT2D eigenvalue weighted by Gasteiger charge is -2.15. The number of benzene rings is 1. The topological polar surface area (TPSA) is 112 Å². The van der Waals surface area contributed by atoms with Crippen LogP contribution in [0.1, 0.15) is 20.3 Å². The number of nitrogens with one attached hydrogen (secondary N) is 4. The molecular weight excluding hydrogens is 435 g/mol. The van der Waals surface area contributed by atoms with Gasteiger partial charge in [0.2, 0.25) is 5.91 Å². The predicted molar refractivity (Wildman–Crippen MR) is 121 cm³/mol. The second kappa shape index (κ2) is 8.03. The molecule has 4 N–H and O–H groups in total. The minimum Gasteiger partial charge on any atom is -0.379 e. The molecule has 1 fully saturated rings. The molecule has 32 heavy (non-hydrogen) atoms. The van der Waals surface area contributed by atoms with Crippen LogP contribution in [0.25, 0.3) is 27.8 Å². The van der Waals surface area contributed by atoms with Crippen LogP contribution in [0.15, 0.2) is 24.8 Å². The maximum absolute atomic E-state index is 15.2. The van der Waals surface area contributed by atoms with Gasteiger partial charge in [-0.1, -0.05) is 11.6 Å². The van der Waals surface area contributed by atoms with E-state index in [9.17, 15) is 4.79 Å². The SMILES string of the molecule is CC(C)Nc1c(F)c(Cl)c(-c2cn3cc(NC(=O)C4CCNC4)nc3cn2)c2cn[nH]c12. The van der Waals surface area contributed by atoms with E-state index in [1.54, 1.807) is 29.2 Å². The van der Waals surface area contributed by atoms with Gasteiger partial charge in [0, 0.05) is 29.7 Å². The van der Waals surface area contributed by atoms with Crippen LogP contribution in [0, 0.1) is 11.7 Å². The third-order valence-corrected chi connectivity index (χ3v) is 5.86. The second-order valence-electron chi connectivity index (χ2n) is 8.18. The van der Waals surface area contributed by atoms with Crippen molar-refractivity contribution in [1.82, 2.24) is 29.9 Å². The molecule has 1 saturated heterocycles. The van der Waals surface area contributed by atoms with Crippen LogP contribution in [0.2, 0.25) is 5.02 Å². The van der Waals surface area contributed by atoms with Crippen molar-refractivity contribution in [2.45, 2.75) is 26.3 Å². The molecule has 0 spiro atoms. The lowest BCUT2D eigenvalue weighted by atomic mass is 10.1. The number of amides is 1. The Morgan fingerprint density at radius 3 is 2.94 bits per heavy atom. The van der Waals surface area contributed by atoms with E-state index in [1.165, 1.54) is 0 Å². The molecule has 1 amide bonds. The summed E-state index contributed by atoms with van der Waals surface area (Å²) in [5, 5.41) is 16.7. The van der Waals surface area contributed by atoms with Gasteiger partial charge < -0.3 is 20.4 Å². The highest BCUT2D eigenvalue weighted by molar-refractivity contribution is 6.35. The summed E-state index contributed by atoms with van der Waals surface area (Å²) in [6, 6.07) is 0.00647. The lowest BCUT2D eigenvalue weighted by molar-refractivity contribution is -0.119. The first-order valence-electron chi connectivity index (χ1n) is 10.4. The van der Waals surface area contributed by atoms with E-state index in [2.05, 4.69) is 36.1 Å². The maximum atomic E-state index is 15.2. The summed E-state index contributed by atoms with van der Waals surface area (Å²) in [4.78, 5) is 21.3. The van der Waals surface area contributed by atoms with Crippen LogP contribution in [-0.2, 0) is 4.79 Å². The Hall–Kier alpha value is -3.24. The molecule has 166 valence electrons. The van der Waals surface area contributed by atoms with Crippen LogP contribution in [-0.4, -0.2) is 49.6 Å². The molecule has 0 saturated carbocycles. The summed E-state index contributed by atoms with van der Waals surface area (Å²) in [6.45, 7) is 5.33. The Morgan fingerprint density at radius 1 is 1.34 bits per heavy atom. The Morgan fingerprint density at radius 2 is 2.19 bits per heavy atom. The minimum absolute atomic E-state index is 0.00647. The number of carbonyl (C=O) groups excluding carboxylic acids is 1. The fourth-order valence-corrected chi connectivity index (χ4v) is 4.28. The van der Waals surface area contributed by atoms with E-state index in [1.807, 2.05) is 13.8 Å². The van der Waals surface area contributed by atoms with Crippen LogP contribution < -0.4 is 16.0 Å². The fraction of sp³-hybridized carbons (Fsp3) is 0.333. The van der Waals surface area contributed by atoms with E-state index in [-0.39, 0.29) is 28.6 Å². The average molecular weight is 457 g/mol. The standard InChI is InChI=1S/C21H22ClFN8O/c1-10(2)27-20-18(23)17(22)16(12-6-26-30-19(12)20)13-8-31-9-14(28-15(31)7-25-13)29-21(32)11-3-4-24-5-11/h6-11,24,27H,3-5H2,1-2H3,(H,26,30)(H,29,32). The van der Waals surface area contributed by atoms with Gasteiger partial charge in [0.15, 0.2) is 17.3 Å². The number of aromatic nitrogens is 5. The number of fused-ring (bicyclic) bond motifs is 2. The third-order valence-electron chi connectivity index (χ3n) is 5.50. The largest absolute Gasteiger partial charge is 0.379 e. The van der Waals surface area contributed by atoms with Crippen molar-refractivity contribution in [3.8, 4) is 11.3 Å². The summed E-state index contributed by atoms with van der Waals surface area (Å²) < 4.78 is 16.9. The highest BCUT2D eigenvalue weighted by Crippen LogP contribution is 2.40. The Labute approximate surface area is 187 Å². The first-order chi connectivity index (χ1) is 15.4. The van der Waals surface area contributed by atoms with E-state index < -0.39 is 5.82 Å². The Kier molecular flexibility index (Phi) is 5.18. The zero-order valence-electron chi connectivity index (χ0n) is 17.5. The van der Waals surface area contributed by atoms with Crippen molar-refractivity contribution in [3.63, 3.8) is 0 Å². The zero-order valence-corrected chi connectivity index (χ0v) is 18.3. The van der Waals surface area contributed by atoms with Crippen LogP contribution in [0.5, 0.6) is 0 Å². The predicted octanol–water partition coefficient (Wildman–Crippen LogP) is 3.43. The summed E-state index contributed by atoms with van der Waals surface area (Å²) in [5.74, 6) is -0.270. The molecule has 3 aromatic heterocycles. The number of nitrogens with zero attached hydrogens (tertiary/aromatic N) is 4. The zero-order chi connectivity index (χ0) is 22.4. The Bertz CT molecular complexity index is 1320. The fourth-order valence-electron chi connectivity index (χ4n) is 3.98. The molecule has 1 atom stereocenters. The normalized spacial score (nSPS) is 16.3. The first-order valence-corrected chi connectivity index (χ1v) is 10.8. The molecule has 1 aliphatic heterocycles. The smallest absolute Gasteiger partial charge is 0.230 e. The number of hydrogen-bond acceptors (Lipinski definition) is 6. The second-order valence-corrected chi connectivity index (χ2v) is 8.56. The molecule has 1 unspecified atom stereocenters. The quantitative estimate of drug-likeness (QED) is 0.366. The molecule has 11 heteroatoms. The van der Waals surface area contributed by atoms with Gasteiger partial charge in [-0.3, -0.25) is 14.9 Å². The number of H-pyrrole nitrogens is 1. The highest BCUT2D eigenvalue weighted by atomic mass is 35.5. The van der Waals surface area contributed by atoms with E-state index >= 15 is 4.39 Å². The van der Waals surface area contributed by atoms with Gasteiger partial charge in [0.1, 0.15) is 0 Å². The van der Waals surface area contributed by atoms with Gasteiger partial charge >= 0.3 is 0 Å². The maximum Gasteiger partial charge on any atom is 0.230 e. The van der Waals surface area contributed by atoms with E-state index in [0.717, 1.165) is 13.0 Å². The van der Waals surface area contributed by atoms with Crippen molar-refractivity contribution in [2.75, 3.05) is 23.7 Å². The number of aromatic amines is 1. The van der Waals surface area contributed by atoms with Crippen molar-refractivity contribution in [2.24, 2.45) is 5.92 Å². The van der Waals surface area contributed by atoms with E-state index in [0.29, 0.717) is 40.2 Å². The molecule has 0 aliphatic carbocycles. The molecular formula is C21H22ClFN8O. The Balaban J connectivity index is 1.54. The molecule has 1 aromatic carbocycles. The van der Waals surface area contributed by atoms with Crippen LogP contribution in [0.4, 0.5) is 15.9 Å². The number of anilines is 2. The van der Waals surface area contributed by atoms with Crippen molar-refractivity contribution < 1.29 is 9.18 Å². The summed E-state index contributed by atoms with van der Waals surface area (Å²) in [5.41, 5.74) is 2.23. The van der Waals surface area contributed by atoms with Gasteiger partial charge in [-0.05, 0) is 26.8 Å². The molecule has 1 aliphatic rings. The molecule has 5 rings (SSSR count). The highest BCUT2D eigenvalue weighted by Gasteiger charge is 2.24. The van der Waals surface area contributed by atoms with Crippen molar-refractivity contribution in [3.05, 3.63) is 35.6 Å². The summed E-state index contributed by atoms with van der Waals surface area (Å²) in [7, 11) is 0. The number of carbonyl (C=O) groups is 1.